The van der Waals surface area contributed by atoms with Gasteiger partial charge in [-0.15, -0.1) is 0 Å². The quantitative estimate of drug-likeness (QED) is 0.866. The van der Waals surface area contributed by atoms with Gasteiger partial charge in [-0.05, 0) is 64.4 Å². The highest BCUT2D eigenvalue weighted by Crippen LogP contribution is 2.26. The van der Waals surface area contributed by atoms with Crippen LogP contribution in [0.2, 0.25) is 0 Å². The second-order valence-corrected chi connectivity index (χ2v) is 7.30. The fourth-order valence-corrected chi connectivity index (χ4v) is 3.66. The minimum absolute atomic E-state index is 0.00542. The fraction of sp³-hybridized carbons (Fsp3) is 0.778. The van der Waals surface area contributed by atoms with Gasteiger partial charge in [0.05, 0.1) is 5.69 Å². The number of rotatable bonds is 5. The first-order valence-corrected chi connectivity index (χ1v) is 8.96. The number of urea groups is 1. The molecule has 1 aliphatic rings. The molecule has 1 heterocycles. The molecule has 0 spiro atoms. The summed E-state index contributed by atoms with van der Waals surface area (Å²) < 4.78 is 1.89. The first-order chi connectivity index (χ1) is 11.3. The van der Waals surface area contributed by atoms with Crippen molar-refractivity contribution in [3.63, 3.8) is 0 Å². The third-order valence-electron chi connectivity index (χ3n) is 5.48. The number of carbonyl (C=O) groups is 1. The molecule has 0 saturated heterocycles. The average Bonchev–Trinajstić information content (AvgIpc) is 2.80. The Balaban J connectivity index is 1.87. The van der Waals surface area contributed by atoms with E-state index in [9.17, 15) is 9.90 Å². The summed E-state index contributed by atoms with van der Waals surface area (Å²) in [6.45, 7) is 6.39. The maximum Gasteiger partial charge on any atom is 0.317 e. The van der Waals surface area contributed by atoms with Gasteiger partial charge < -0.3 is 15.3 Å². The zero-order valence-electron chi connectivity index (χ0n) is 15.7. The summed E-state index contributed by atoms with van der Waals surface area (Å²) in [5.74, 6) is 0.410. The molecule has 2 amide bonds. The Morgan fingerprint density at radius 3 is 2.50 bits per heavy atom. The third-order valence-corrected chi connectivity index (χ3v) is 5.48. The number of hydrogen-bond acceptors (Lipinski definition) is 3. The third kappa shape index (κ3) is 4.29. The van der Waals surface area contributed by atoms with Crippen molar-refractivity contribution in [2.45, 2.75) is 65.0 Å². The van der Waals surface area contributed by atoms with Crippen LogP contribution in [-0.4, -0.2) is 51.6 Å². The van der Waals surface area contributed by atoms with Gasteiger partial charge in [0.1, 0.15) is 0 Å². The van der Waals surface area contributed by atoms with Gasteiger partial charge in [0.2, 0.25) is 0 Å². The standard InChI is InChI=1S/C18H32N4O2/c1-12(10-17-13(2)20-22(5)14(17)3)19-18(24)21(4)16-8-6-15(11-23)7-9-16/h12,15-16,23H,6-11H2,1-5H3,(H,19,24). The summed E-state index contributed by atoms with van der Waals surface area (Å²) in [7, 11) is 3.83. The summed E-state index contributed by atoms with van der Waals surface area (Å²) in [5, 5.41) is 16.8. The van der Waals surface area contributed by atoms with Crippen LogP contribution in [0, 0.1) is 19.8 Å². The molecule has 1 fully saturated rings. The molecule has 2 N–H and O–H groups in total. The second-order valence-electron chi connectivity index (χ2n) is 7.30. The first kappa shape index (κ1) is 18.8. The number of aliphatic hydroxyl groups excluding tert-OH is 1. The van der Waals surface area contributed by atoms with E-state index >= 15 is 0 Å². The summed E-state index contributed by atoms with van der Waals surface area (Å²) in [6, 6.07) is 0.339. The van der Waals surface area contributed by atoms with E-state index in [0.717, 1.165) is 43.5 Å². The zero-order chi connectivity index (χ0) is 17.9. The molecule has 1 unspecified atom stereocenters. The van der Waals surface area contributed by atoms with Crippen molar-refractivity contribution < 1.29 is 9.90 Å². The maximum atomic E-state index is 12.5. The lowest BCUT2D eigenvalue weighted by molar-refractivity contribution is 0.133. The van der Waals surface area contributed by atoms with Crippen LogP contribution in [-0.2, 0) is 13.5 Å². The normalized spacial score (nSPS) is 22.2. The number of aryl methyl sites for hydroxylation is 2. The van der Waals surface area contributed by atoms with Gasteiger partial charge in [0.25, 0.3) is 0 Å². The first-order valence-electron chi connectivity index (χ1n) is 8.96. The lowest BCUT2D eigenvalue weighted by atomic mass is 9.86. The van der Waals surface area contributed by atoms with Crippen LogP contribution in [0.4, 0.5) is 4.79 Å². The highest BCUT2D eigenvalue weighted by Gasteiger charge is 2.27. The van der Waals surface area contributed by atoms with Crippen molar-refractivity contribution in [3.8, 4) is 0 Å². The Labute approximate surface area is 145 Å². The van der Waals surface area contributed by atoms with E-state index in [4.69, 9.17) is 0 Å². The van der Waals surface area contributed by atoms with Crippen molar-refractivity contribution in [1.29, 1.82) is 0 Å². The molecule has 136 valence electrons. The molecule has 0 radical (unpaired) electrons. The summed E-state index contributed by atoms with van der Waals surface area (Å²) in [6.07, 6.45) is 4.75. The van der Waals surface area contributed by atoms with Crippen LogP contribution >= 0.6 is 0 Å². The van der Waals surface area contributed by atoms with Gasteiger partial charge >= 0.3 is 6.03 Å². The molecule has 1 aliphatic carbocycles. The Morgan fingerprint density at radius 2 is 2.00 bits per heavy atom. The Bertz CT molecular complexity index is 562. The number of aromatic nitrogens is 2. The van der Waals surface area contributed by atoms with Crippen molar-refractivity contribution in [2.24, 2.45) is 13.0 Å². The molecule has 2 rings (SSSR count). The van der Waals surface area contributed by atoms with E-state index in [2.05, 4.69) is 17.3 Å². The summed E-state index contributed by atoms with van der Waals surface area (Å²) in [4.78, 5) is 14.4. The predicted molar refractivity (Wildman–Crippen MR) is 95.0 cm³/mol. The number of nitrogens with one attached hydrogen (secondary N) is 1. The Morgan fingerprint density at radius 1 is 1.38 bits per heavy atom. The number of nitrogens with zero attached hydrogens (tertiary/aromatic N) is 3. The largest absolute Gasteiger partial charge is 0.396 e. The van der Waals surface area contributed by atoms with Gasteiger partial charge in [-0.1, -0.05) is 0 Å². The zero-order valence-corrected chi connectivity index (χ0v) is 15.7. The van der Waals surface area contributed by atoms with Crippen molar-refractivity contribution in [3.05, 3.63) is 17.0 Å². The summed E-state index contributed by atoms with van der Waals surface area (Å²) >= 11 is 0. The number of amides is 2. The van der Waals surface area contributed by atoms with E-state index < -0.39 is 0 Å². The lowest BCUT2D eigenvalue weighted by Crippen LogP contribution is -2.48. The average molecular weight is 336 g/mol. The highest BCUT2D eigenvalue weighted by atomic mass is 16.3. The van der Waals surface area contributed by atoms with E-state index in [1.54, 1.807) is 0 Å². The molecule has 1 saturated carbocycles. The van der Waals surface area contributed by atoms with Gasteiger partial charge in [-0.3, -0.25) is 4.68 Å². The van der Waals surface area contributed by atoms with Crippen LogP contribution in [0.5, 0.6) is 0 Å². The lowest BCUT2D eigenvalue weighted by Gasteiger charge is -2.34. The second kappa shape index (κ2) is 8.01. The summed E-state index contributed by atoms with van der Waals surface area (Å²) in [5.41, 5.74) is 3.41. The van der Waals surface area contributed by atoms with Crippen LogP contribution in [0.1, 0.15) is 49.6 Å². The number of aliphatic hydroxyl groups is 1. The van der Waals surface area contributed by atoms with Gasteiger partial charge in [-0.2, -0.15) is 5.10 Å². The van der Waals surface area contributed by atoms with Crippen LogP contribution in [0.15, 0.2) is 0 Å². The highest BCUT2D eigenvalue weighted by molar-refractivity contribution is 5.74. The minimum atomic E-state index is -0.00542. The molecular weight excluding hydrogens is 304 g/mol. The van der Waals surface area contributed by atoms with Gasteiger partial charge in [0, 0.05) is 38.5 Å². The molecule has 0 bridgehead atoms. The predicted octanol–water partition coefficient (Wildman–Crippen LogP) is 2.16. The molecule has 0 aliphatic heterocycles. The van der Waals surface area contributed by atoms with Gasteiger partial charge in [-0.25, -0.2) is 4.79 Å². The minimum Gasteiger partial charge on any atom is -0.396 e. The monoisotopic (exact) mass is 336 g/mol. The molecule has 6 heteroatoms. The van der Waals surface area contributed by atoms with Crippen molar-refractivity contribution in [2.75, 3.05) is 13.7 Å². The molecule has 1 aromatic rings. The van der Waals surface area contributed by atoms with E-state index in [-0.39, 0.29) is 24.7 Å². The van der Waals surface area contributed by atoms with E-state index in [1.165, 1.54) is 5.56 Å². The van der Waals surface area contributed by atoms with Crippen molar-refractivity contribution >= 4 is 6.03 Å². The smallest absolute Gasteiger partial charge is 0.317 e. The van der Waals surface area contributed by atoms with E-state index in [0.29, 0.717) is 5.92 Å². The topological polar surface area (TPSA) is 70.4 Å². The SMILES string of the molecule is Cc1nn(C)c(C)c1CC(C)NC(=O)N(C)C1CCC(CO)CC1. The van der Waals surface area contributed by atoms with Crippen LogP contribution in [0.3, 0.4) is 0 Å². The number of hydrogen-bond donors (Lipinski definition) is 2. The molecule has 6 nitrogen and oxygen atoms in total. The molecule has 24 heavy (non-hydrogen) atoms. The van der Waals surface area contributed by atoms with Gasteiger partial charge in [0.15, 0.2) is 0 Å². The Kier molecular flexibility index (Phi) is 6.27. The van der Waals surface area contributed by atoms with Crippen LogP contribution in [0.25, 0.3) is 0 Å². The maximum absolute atomic E-state index is 12.5. The Hall–Kier alpha value is -1.56. The number of carbonyl (C=O) groups excluding carboxylic acids is 1. The fourth-order valence-electron chi connectivity index (χ4n) is 3.66. The molecule has 1 aromatic heterocycles. The molecule has 1 atom stereocenters. The van der Waals surface area contributed by atoms with Crippen molar-refractivity contribution in [1.82, 2.24) is 20.0 Å². The molecule has 0 aromatic carbocycles. The molecular formula is C18H32N4O2. The van der Waals surface area contributed by atoms with E-state index in [1.807, 2.05) is 37.5 Å². The van der Waals surface area contributed by atoms with Crippen LogP contribution < -0.4 is 5.32 Å².